The van der Waals surface area contributed by atoms with Crippen molar-refractivity contribution >= 4 is 0 Å². The first-order valence-electron chi connectivity index (χ1n) is 13.4. The summed E-state index contributed by atoms with van der Waals surface area (Å²) in [6, 6.07) is 9.16. The summed E-state index contributed by atoms with van der Waals surface area (Å²) in [7, 11) is 0. The summed E-state index contributed by atoms with van der Waals surface area (Å²) in [6.45, 7) is 2.16. The molecule has 0 bridgehead atoms. The van der Waals surface area contributed by atoms with Crippen LogP contribution in [0.2, 0.25) is 0 Å². The molecule has 0 spiro atoms. The summed E-state index contributed by atoms with van der Waals surface area (Å²) in [5, 5.41) is 0. The van der Waals surface area contributed by atoms with Gasteiger partial charge in [-0.1, -0.05) is 56.9 Å². The van der Waals surface area contributed by atoms with Gasteiger partial charge in [-0.3, -0.25) is 0 Å². The molecule has 1 aliphatic carbocycles. The Balaban J connectivity index is 1.53. The standard InChI is InChI=1S/C31H30F8O/c1-2-3-4-7-19-10-12-20(13-11-19)21-14-15-24(25(32)16-21)31(38,39)40-28-9-6-5-8-23(28)22-17-26(33)29(27(34)18-22)30(35,36)37/h5-6,8-9,14-20H,2-4,7,10-13H2,1H3/t19-,20-. The summed E-state index contributed by atoms with van der Waals surface area (Å²) in [5.74, 6) is -4.84. The molecule has 0 heterocycles. The number of alkyl halides is 5. The number of rotatable bonds is 9. The van der Waals surface area contributed by atoms with Crippen LogP contribution in [0.4, 0.5) is 35.1 Å². The van der Waals surface area contributed by atoms with E-state index in [1.165, 1.54) is 37.5 Å². The van der Waals surface area contributed by atoms with Gasteiger partial charge in [-0.05, 0) is 79.0 Å². The van der Waals surface area contributed by atoms with Crippen LogP contribution in [-0.4, -0.2) is 0 Å². The number of hydrogen-bond acceptors (Lipinski definition) is 1. The van der Waals surface area contributed by atoms with E-state index in [2.05, 4.69) is 6.92 Å². The lowest BCUT2D eigenvalue weighted by Gasteiger charge is -2.29. The second kappa shape index (κ2) is 12.2. The third-order valence-corrected chi connectivity index (χ3v) is 7.60. The molecule has 1 nitrogen and oxygen atoms in total. The van der Waals surface area contributed by atoms with Crippen LogP contribution in [0.1, 0.15) is 80.9 Å². The molecule has 216 valence electrons. The van der Waals surface area contributed by atoms with Crippen molar-refractivity contribution in [3.63, 3.8) is 0 Å². The third kappa shape index (κ3) is 6.78. The van der Waals surface area contributed by atoms with Gasteiger partial charge in [-0.2, -0.15) is 22.0 Å². The molecule has 0 N–H and O–H groups in total. The molecule has 9 heteroatoms. The van der Waals surface area contributed by atoms with Crippen LogP contribution in [0, 0.1) is 23.4 Å². The highest BCUT2D eigenvalue weighted by atomic mass is 19.4. The van der Waals surface area contributed by atoms with E-state index in [1.54, 1.807) is 0 Å². The fraction of sp³-hybridized carbons (Fsp3) is 0.419. The molecule has 40 heavy (non-hydrogen) atoms. The van der Waals surface area contributed by atoms with Crippen molar-refractivity contribution in [1.29, 1.82) is 0 Å². The van der Waals surface area contributed by atoms with E-state index in [1.807, 2.05) is 0 Å². The maximum Gasteiger partial charge on any atom is 0.429 e. The van der Waals surface area contributed by atoms with Crippen LogP contribution in [0.15, 0.2) is 54.6 Å². The Labute approximate surface area is 228 Å². The van der Waals surface area contributed by atoms with Gasteiger partial charge in [0.2, 0.25) is 0 Å². The molecule has 3 aromatic carbocycles. The van der Waals surface area contributed by atoms with E-state index in [0.29, 0.717) is 23.6 Å². The maximum absolute atomic E-state index is 15.2. The van der Waals surface area contributed by atoms with Gasteiger partial charge in [0.25, 0.3) is 0 Å². The molecule has 0 unspecified atom stereocenters. The topological polar surface area (TPSA) is 9.23 Å². The van der Waals surface area contributed by atoms with Crippen molar-refractivity contribution in [3.05, 3.63) is 88.7 Å². The molecule has 0 aliphatic heterocycles. The summed E-state index contributed by atoms with van der Waals surface area (Å²) in [6.07, 6.45) is -1.00. The molecular weight excluding hydrogens is 540 g/mol. The number of unbranched alkanes of at least 4 members (excludes halogenated alkanes) is 2. The van der Waals surface area contributed by atoms with Crippen molar-refractivity contribution in [1.82, 2.24) is 0 Å². The van der Waals surface area contributed by atoms with Gasteiger partial charge in [0.15, 0.2) is 0 Å². The minimum absolute atomic E-state index is 0.0747. The Kier molecular flexibility index (Phi) is 9.10. The summed E-state index contributed by atoms with van der Waals surface area (Å²) in [4.78, 5) is 0. The molecule has 0 radical (unpaired) electrons. The number of ether oxygens (including phenoxy) is 1. The SMILES string of the molecule is CCCCC[C@H]1CC[C@H](c2ccc(C(F)(F)Oc3ccccc3-c3cc(F)c(C(F)(F)F)c(F)c3)c(F)c2)CC1. The van der Waals surface area contributed by atoms with Crippen LogP contribution in [0.3, 0.4) is 0 Å². The highest BCUT2D eigenvalue weighted by molar-refractivity contribution is 5.71. The maximum atomic E-state index is 15.2. The largest absolute Gasteiger partial charge is 0.429 e. The van der Waals surface area contributed by atoms with Crippen molar-refractivity contribution < 1.29 is 39.9 Å². The summed E-state index contributed by atoms with van der Waals surface area (Å²) in [5.41, 5.74) is -3.21. The van der Waals surface area contributed by atoms with Gasteiger partial charge in [0.1, 0.15) is 28.8 Å². The van der Waals surface area contributed by atoms with E-state index in [-0.39, 0.29) is 11.5 Å². The first-order valence-corrected chi connectivity index (χ1v) is 13.4. The Hall–Kier alpha value is -3.10. The first kappa shape index (κ1) is 29.9. The molecule has 0 aromatic heterocycles. The lowest BCUT2D eigenvalue weighted by molar-refractivity contribution is -0.187. The lowest BCUT2D eigenvalue weighted by Crippen LogP contribution is -2.24. The summed E-state index contributed by atoms with van der Waals surface area (Å²) < 4.78 is 117. The first-order chi connectivity index (χ1) is 18.9. The van der Waals surface area contributed by atoms with Gasteiger partial charge in [-0.15, -0.1) is 0 Å². The molecule has 0 amide bonds. The normalized spacial score (nSPS) is 18.1. The van der Waals surface area contributed by atoms with Gasteiger partial charge in [-0.25, -0.2) is 13.2 Å². The zero-order valence-electron chi connectivity index (χ0n) is 21.9. The Morgan fingerprint density at radius 3 is 2.02 bits per heavy atom. The zero-order valence-corrected chi connectivity index (χ0v) is 21.9. The van der Waals surface area contributed by atoms with Gasteiger partial charge in [0, 0.05) is 5.56 Å². The smallest absolute Gasteiger partial charge is 0.428 e. The quantitative estimate of drug-likeness (QED) is 0.184. The fourth-order valence-corrected chi connectivity index (χ4v) is 5.48. The molecular formula is C31H30F8O. The second-order valence-corrected chi connectivity index (χ2v) is 10.4. The number of halogens is 8. The molecule has 1 saturated carbocycles. The van der Waals surface area contributed by atoms with Crippen LogP contribution in [0.25, 0.3) is 11.1 Å². The molecule has 1 aliphatic rings. The lowest BCUT2D eigenvalue weighted by atomic mass is 9.77. The molecule has 1 fully saturated rings. The monoisotopic (exact) mass is 570 g/mol. The molecule has 3 aromatic rings. The van der Waals surface area contributed by atoms with E-state index < -0.39 is 52.2 Å². The van der Waals surface area contributed by atoms with E-state index in [4.69, 9.17) is 4.74 Å². The zero-order chi connectivity index (χ0) is 29.1. The predicted molar refractivity (Wildman–Crippen MR) is 137 cm³/mol. The number of para-hydroxylation sites is 1. The van der Waals surface area contributed by atoms with Crippen molar-refractivity contribution in [2.45, 2.75) is 76.5 Å². The van der Waals surface area contributed by atoms with E-state index in [9.17, 15) is 22.0 Å². The van der Waals surface area contributed by atoms with Crippen LogP contribution >= 0.6 is 0 Å². The minimum atomic E-state index is -5.28. The highest BCUT2D eigenvalue weighted by Gasteiger charge is 2.40. The molecule has 4 rings (SSSR count). The van der Waals surface area contributed by atoms with Gasteiger partial charge in [0.05, 0.1) is 5.56 Å². The number of hydrogen-bond donors (Lipinski definition) is 0. The van der Waals surface area contributed by atoms with Crippen molar-refractivity contribution in [3.8, 4) is 16.9 Å². The minimum Gasteiger partial charge on any atom is -0.428 e. The molecule has 0 saturated heterocycles. The molecule has 0 atom stereocenters. The van der Waals surface area contributed by atoms with Crippen LogP contribution in [0.5, 0.6) is 5.75 Å². The fourth-order valence-electron chi connectivity index (χ4n) is 5.48. The summed E-state index contributed by atoms with van der Waals surface area (Å²) >= 11 is 0. The Bertz CT molecular complexity index is 1290. The average Bonchev–Trinajstić information content (AvgIpc) is 2.88. The third-order valence-electron chi connectivity index (χ3n) is 7.60. The van der Waals surface area contributed by atoms with Crippen molar-refractivity contribution in [2.24, 2.45) is 5.92 Å². The van der Waals surface area contributed by atoms with Gasteiger partial charge < -0.3 is 4.74 Å². The Morgan fingerprint density at radius 1 is 0.775 bits per heavy atom. The van der Waals surface area contributed by atoms with Crippen molar-refractivity contribution in [2.75, 3.05) is 0 Å². The van der Waals surface area contributed by atoms with Gasteiger partial charge >= 0.3 is 12.3 Å². The predicted octanol–water partition coefficient (Wildman–Crippen LogP) is 10.8. The van der Waals surface area contributed by atoms with Crippen LogP contribution < -0.4 is 4.74 Å². The average molecular weight is 571 g/mol. The second-order valence-electron chi connectivity index (χ2n) is 10.4. The van der Waals surface area contributed by atoms with E-state index in [0.717, 1.165) is 56.4 Å². The number of benzene rings is 3. The Morgan fingerprint density at radius 2 is 1.43 bits per heavy atom. The van der Waals surface area contributed by atoms with Crippen LogP contribution in [-0.2, 0) is 12.3 Å². The highest BCUT2D eigenvalue weighted by Crippen LogP contribution is 2.42. The van der Waals surface area contributed by atoms with E-state index >= 15 is 13.2 Å².